The van der Waals surface area contributed by atoms with Gasteiger partial charge in [-0.1, -0.05) is 30.3 Å². The van der Waals surface area contributed by atoms with Crippen LogP contribution in [-0.4, -0.2) is 57.9 Å². The quantitative estimate of drug-likeness (QED) is 0.888. The van der Waals surface area contributed by atoms with Crippen LogP contribution in [0.15, 0.2) is 30.3 Å². The average molecular weight is 290 g/mol. The first-order valence-corrected chi connectivity index (χ1v) is 7.57. The van der Waals surface area contributed by atoms with Crippen LogP contribution in [0.5, 0.6) is 0 Å². The maximum absolute atomic E-state index is 11.5. The summed E-state index contributed by atoms with van der Waals surface area (Å²) in [7, 11) is 0. The van der Waals surface area contributed by atoms with Gasteiger partial charge in [-0.25, -0.2) is 4.79 Å². The van der Waals surface area contributed by atoms with Crippen molar-refractivity contribution in [1.82, 2.24) is 9.80 Å². The van der Waals surface area contributed by atoms with Gasteiger partial charge in [0.2, 0.25) is 0 Å². The number of rotatable bonds is 3. The normalized spacial score (nSPS) is 29.4. The van der Waals surface area contributed by atoms with Crippen LogP contribution in [0, 0.1) is 5.92 Å². The molecule has 3 heterocycles. The van der Waals surface area contributed by atoms with Gasteiger partial charge >= 0.3 is 6.09 Å². The van der Waals surface area contributed by atoms with Crippen LogP contribution < -0.4 is 0 Å². The third kappa shape index (κ3) is 2.89. The molecule has 5 nitrogen and oxygen atoms in total. The van der Waals surface area contributed by atoms with E-state index in [1.54, 1.807) is 0 Å². The molecule has 1 amide bonds. The van der Waals surface area contributed by atoms with Crippen molar-refractivity contribution in [3.63, 3.8) is 0 Å². The number of amides is 1. The van der Waals surface area contributed by atoms with Gasteiger partial charge in [0, 0.05) is 25.7 Å². The first kappa shape index (κ1) is 14.4. The second-order valence-electron chi connectivity index (χ2n) is 6.11. The number of aliphatic hydroxyl groups excluding tert-OH is 1. The van der Waals surface area contributed by atoms with Crippen molar-refractivity contribution in [2.24, 2.45) is 5.92 Å². The highest BCUT2D eigenvalue weighted by molar-refractivity contribution is 5.65. The van der Waals surface area contributed by atoms with E-state index in [9.17, 15) is 15.0 Å². The predicted molar refractivity (Wildman–Crippen MR) is 79.0 cm³/mol. The fourth-order valence-electron chi connectivity index (χ4n) is 3.79. The molecule has 3 aliphatic rings. The number of hydrogen-bond donors (Lipinski definition) is 2. The molecule has 21 heavy (non-hydrogen) atoms. The standard InChI is InChI=1S/C16H22N2O3/c19-11-15-14-7-6-13(10-18(15)16(20)21)9-17(14)8-12-4-2-1-3-5-12/h1-5,13-15,19H,6-11H2,(H,20,21)/t13-,14-,15+/m0/s1. The number of benzene rings is 1. The molecule has 0 radical (unpaired) electrons. The topological polar surface area (TPSA) is 64.0 Å². The Balaban J connectivity index is 1.82. The van der Waals surface area contributed by atoms with Crippen LogP contribution in [-0.2, 0) is 6.54 Å². The van der Waals surface area contributed by atoms with Crippen molar-refractivity contribution < 1.29 is 15.0 Å². The van der Waals surface area contributed by atoms with Crippen LogP contribution in [0.25, 0.3) is 0 Å². The van der Waals surface area contributed by atoms with Gasteiger partial charge in [0.1, 0.15) is 0 Å². The molecule has 3 fully saturated rings. The Kier molecular flexibility index (Phi) is 4.12. The maximum atomic E-state index is 11.5. The van der Waals surface area contributed by atoms with Crippen molar-refractivity contribution in [3.8, 4) is 0 Å². The Morgan fingerprint density at radius 3 is 2.62 bits per heavy atom. The van der Waals surface area contributed by atoms with Crippen LogP contribution in [0.2, 0.25) is 0 Å². The van der Waals surface area contributed by atoms with E-state index in [2.05, 4.69) is 17.0 Å². The van der Waals surface area contributed by atoms with Crippen LogP contribution in [0.3, 0.4) is 0 Å². The van der Waals surface area contributed by atoms with E-state index in [1.807, 2.05) is 18.2 Å². The zero-order valence-corrected chi connectivity index (χ0v) is 12.1. The molecule has 4 rings (SSSR count). The molecule has 114 valence electrons. The summed E-state index contributed by atoms with van der Waals surface area (Å²) >= 11 is 0. The molecule has 0 aromatic heterocycles. The van der Waals surface area contributed by atoms with Crippen molar-refractivity contribution in [1.29, 1.82) is 0 Å². The SMILES string of the molecule is O=C(O)N1C[C@H]2CC[C@@H]([C@H]1CO)N(Cc1ccccc1)C2. The lowest BCUT2D eigenvalue weighted by Crippen LogP contribution is -2.52. The molecule has 3 aliphatic heterocycles. The molecule has 0 spiro atoms. The van der Waals surface area contributed by atoms with Crippen LogP contribution in [0.4, 0.5) is 4.79 Å². The monoisotopic (exact) mass is 290 g/mol. The van der Waals surface area contributed by atoms with Gasteiger partial charge in [-0.3, -0.25) is 4.90 Å². The van der Waals surface area contributed by atoms with Gasteiger partial charge in [-0.05, 0) is 24.3 Å². The van der Waals surface area contributed by atoms with Crippen molar-refractivity contribution in [3.05, 3.63) is 35.9 Å². The second-order valence-corrected chi connectivity index (χ2v) is 6.11. The summed E-state index contributed by atoms with van der Waals surface area (Å²) in [5.41, 5.74) is 1.24. The molecule has 2 N–H and O–H groups in total. The zero-order chi connectivity index (χ0) is 14.8. The first-order chi connectivity index (χ1) is 10.2. The Morgan fingerprint density at radius 1 is 1.19 bits per heavy atom. The number of carboxylic acid groups (broad SMARTS) is 1. The summed E-state index contributed by atoms with van der Waals surface area (Å²) in [6.45, 7) is 2.18. The minimum absolute atomic E-state index is 0.102. The molecule has 0 unspecified atom stereocenters. The van der Waals surface area contributed by atoms with E-state index < -0.39 is 6.09 Å². The highest BCUT2D eigenvalue weighted by Gasteiger charge is 2.42. The van der Waals surface area contributed by atoms with E-state index in [-0.39, 0.29) is 18.7 Å². The number of hydrogen-bond acceptors (Lipinski definition) is 3. The molecule has 1 aromatic carbocycles. The Bertz CT molecular complexity index is 494. The van der Waals surface area contributed by atoms with Gasteiger partial charge in [-0.2, -0.15) is 0 Å². The van der Waals surface area contributed by atoms with Gasteiger partial charge in [0.05, 0.1) is 12.6 Å². The van der Waals surface area contributed by atoms with Gasteiger partial charge < -0.3 is 15.1 Å². The predicted octanol–water partition coefficient (Wildman–Crippen LogP) is 1.62. The van der Waals surface area contributed by atoms with Gasteiger partial charge in [0.15, 0.2) is 0 Å². The Labute approximate surface area is 124 Å². The van der Waals surface area contributed by atoms with Crippen molar-refractivity contribution in [2.75, 3.05) is 19.7 Å². The van der Waals surface area contributed by atoms with Crippen LogP contribution >= 0.6 is 0 Å². The van der Waals surface area contributed by atoms with E-state index in [0.29, 0.717) is 12.5 Å². The van der Waals surface area contributed by atoms with Gasteiger partial charge in [-0.15, -0.1) is 0 Å². The number of aliphatic hydroxyl groups is 1. The molecule has 5 heteroatoms. The van der Waals surface area contributed by atoms with E-state index in [4.69, 9.17) is 0 Å². The number of fused-ring (bicyclic) bond motifs is 4. The lowest BCUT2D eigenvalue weighted by Gasteiger charge is -2.39. The minimum Gasteiger partial charge on any atom is -0.465 e. The fraction of sp³-hybridized carbons (Fsp3) is 0.562. The largest absolute Gasteiger partial charge is 0.465 e. The molecule has 1 aromatic rings. The highest BCUT2D eigenvalue weighted by Crippen LogP contribution is 2.32. The lowest BCUT2D eigenvalue weighted by molar-refractivity contribution is 0.0532. The average Bonchev–Trinajstić information content (AvgIpc) is 2.76. The smallest absolute Gasteiger partial charge is 0.407 e. The highest BCUT2D eigenvalue weighted by atomic mass is 16.4. The number of nitrogens with zero attached hydrogens (tertiary/aromatic N) is 2. The molecule has 0 aliphatic carbocycles. The van der Waals surface area contributed by atoms with Crippen molar-refractivity contribution >= 4 is 6.09 Å². The van der Waals surface area contributed by atoms with E-state index in [1.165, 1.54) is 10.5 Å². The van der Waals surface area contributed by atoms with Crippen molar-refractivity contribution in [2.45, 2.75) is 31.5 Å². The summed E-state index contributed by atoms with van der Waals surface area (Å²) < 4.78 is 0. The number of carbonyl (C=O) groups is 1. The molecule has 3 saturated heterocycles. The fourth-order valence-corrected chi connectivity index (χ4v) is 3.79. The molecule has 3 atom stereocenters. The molecule has 0 saturated carbocycles. The van der Waals surface area contributed by atoms with E-state index >= 15 is 0 Å². The number of piperidine rings is 1. The third-order valence-electron chi connectivity index (χ3n) is 4.79. The summed E-state index contributed by atoms with van der Waals surface area (Å²) in [6, 6.07) is 10.1. The second kappa shape index (κ2) is 6.03. The molecular weight excluding hydrogens is 268 g/mol. The summed E-state index contributed by atoms with van der Waals surface area (Å²) in [5.74, 6) is 0.373. The Morgan fingerprint density at radius 2 is 1.95 bits per heavy atom. The minimum atomic E-state index is -0.910. The summed E-state index contributed by atoms with van der Waals surface area (Å²) in [4.78, 5) is 15.3. The Hall–Kier alpha value is -1.59. The molecule has 2 bridgehead atoms. The molecular formula is C16H22N2O3. The van der Waals surface area contributed by atoms with Crippen LogP contribution in [0.1, 0.15) is 18.4 Å². The maximum Gasteiger partial charge on any atom is 0.407 e. The first-order valence-electron chi connectivity index (χ1n) is 7.57. The van der Waals surface area contributed by atoms with Gasteiger partial charge in [0.25, 0.3) is 0 Å². The summed E-state index contributed by atoms with van der Waals surface area (Å²) in [5, 5.41) is 19.1. The summed E-state index contributed by atoms with van der Waals surface area (Å²) in [6.07, 6.45) is 1.11. The van der Waals surface area contributed by atoms with E-state index in [0.717, 1.165) is 25.9 Å². The third-order valence-corrected chi connectivity index (χ3v) is 4.79. The lowest BCUT2D eigenvalue weighted by atomic mass is 9.92. The zero-order valence-electron chi connectivity index (χ0n) is 12.1.